The average Bonchev–Trinajstić information content (AvgIpc) is 2.25. The van der Waals surface area contributed by atoms with E-state index in [4.69, 9.17) is 11.6 Å². The lowest BCUT2D eigenvalue weighted by molar-refractivity contribution is 0.617. The normalized spacial score (nSPS) is 20.7. The lowest BCUT2D eigenvalue weighted by Gasteiger charge is -2.17. The Morgan fingerprint density at radius 2 is 2.25 bits per heavy atom. The number of rotatable bonds is 2. The van der Waals surface area contributed by atoms with Crippen LogP contribution in [0, 0.1) is 5.82 Å². The molecule has 1 aliphatic carbocycles. The largest absolute Gasteiger partial charge is 0.206 e. The molecule has 0 bridgehead atoms. The molecule has 0 aromatic heterocycles. The number of benzene rings is 1. The molecule has 0 saturated carbocycles. The van der Waals surface area contributed by atoms with Gasteiger partial charge in [-0.05, 0) is 53.2 Å². The van der Waals surface area contributed by atoms with Crippen LogP contribution < -0.4 is 0 Å². The molecule has 1 atom stereocenters. The van der Waals surface area contributed by atoms with Crippen LogP contribution in [0.25, 0.3) is 0 Å². The molecule has 0 nitrogen and oxygen atoms in total. The second kappa shape index (κ2) is 5.33. The molecule has 0 amide bonds. The Morgan fingerprint density at radius 1 is 1.44 bits per heavy atom. The van der Waals surface area contributed by atoms with Crippen LogP contribution in [0.15, 0.2) is 34.3 Å². The molecule has 86 valence electrons. The van der Waals surface area contributed by atoms with Gasteiger partial charge in [-0.25, -0.2) is 4.39 Å². The minimum absolute atomic E-state index is 0.149. The summed E-state index contributed by atoms with van der Waals surface area (Å²) in [6.07, 6.45) is 6.17. The average molecular weight is 304 g/mol. The molecule has 0 aliphatic heterocycles. The van der Waals surface area contributed by atoms with Crippen molar-refractivity contribution < 1.29 is 4.39 Å². The Bertz CT molecular complexity index is 414. The van der Waals surface area contributed by atoms with Gasteiger partial charge in [-0.1, -0.05) is 23.8 Å². The molecular formula is C13H13BrClF. The number of halogens is 3. The number of hydrogen-bond acceptors (Lipinski definition) is 0. The van der Waals surface area contributed by atoms with Crippen LogP contribution in [0.5, 0.6) is 0 Å². The van der Waals surface area contributed by atoms with Crippen LogP contribution in [-0.4, -0.2) is 5.38 Å². The fraction of sp³-hybridized carbons (Fsp3) is 0.385. The van der Waals surface area contributed by atoms with E-state index in [1.165, 1.54) is 11.6 Å². The third-order valence-electron chi connectivity index (χ3n) is 2.84. The molecule has 0 radical (unpaired) electrons. The number of allylic oxidation sites excluding steroid dienone is 2. The first-order valence-corrected chi connectivity index (χ1v) is 6.66. The van der Waals surface area contributed by atoms with Crippen LogP contribution >= 0.6 is 27.5 Å². The smallest absolute Gasteiger partial charge is 0.137 e. The van der Waals surface area contributed by atoms with Crippen molar-refractivity contribution in [1.29, 1.82) is 0 Å². The first-order chi connectivity index (χ1) is 7.66. The summed E-state index contributed by atoms with van der Waals surface area (Å²) in [5, 5.41) is 0.149. The van der Waals surface area contributed by atoms with Gasteiger partial charge in [0, 0.05) is 0 Å². The van der Waals surface area contributed by atoms with Crippen LogP contribution in [0.2, 0.25) is 0 Å². The van der Waals surface area contributed by atoms with Gasteiger partial charge in [0.2, 0.25) is 0 Å². The SMILES string of the molecule is Fc1cccc(CC2=CC(Cl)CCC2)c1Br. The summed E-state index contributed by atoms with van der Waals surface area (Å²) in [5.74, 6) is -0.198. The summed E-state index contributed by atoms with van der Waals surface area (Å²) in [6.45, 7) is 0. The monoisotopic (exact) mass is 302 g/mol. The fourth-order valence-electron chi connectivity index (χ4n) is 2.02. The predicted molar refractivity (Wildman–Crippen MR) is 69.4 cm³/mol. The molecule has 3 heteroatoms. The molecule has 0 heterocycles. The second-order valence-corrected chi connectivity index (χ2v) is 5.48. The van der Waals surface area contributed by atoms with Gasteiger partial charge in [0.05, 0.1) is 9.85 Å². The number of alkyl halides is 1. The third kappa shape index (κ3) is 2.86. The van der Waals surface area contributed by atoms with Crippen LogP contribution in [0.4, 0.5) is 4.39 Å². The van der Waals surface area contributed by atoms with Crippen LogP contribution in [0.3, 0.4) is 0 Å². The van der Waals surface area contributed by atoms with Crippen molar-refractivity contribution in [2.24, 2.45) is 0 Å². The Balaban J connectivity index is 2.17. The highest BCUT2D eigenvalue weighted by molar-refractivity contribution is 9.10. The summed E-state index contributed by atoms with van der Waals surface area (Å²) in [4.78, 5) is 0. The van der Waals surface area contributed by atoms with Gasteiger partial charge in [0.15, 0.2) is 0 Å². The zero-order valence-electron chi connectivity index (χ0n) is 8.85. The Hall–Kier alpha value is -0.340. The van der Waals surface area contributed by atoms with Crippen LogP contribution in [0.1, 0.15) is 24.8 Å². The van der Waals surface area contributed by atoms with Gasteiger partial charge in [-0.3, -0.25) is 0 Å². The summed E-state index contributed by atoms with van der Waals surface area (Å²) in [7, 11) is 0. The molecule has 16 heavy (non-hydrogen) atoms. The minimum Gasteiger partial charge on any atom is -0.206 e. The lowest BCUT2D eigenvalue weighted by Crippen LogP contribution is -2.05. The summed E-state index contributed by atoms with van der Waals surface area (Å²) >= 11 is 9.37. The minimum atomic E-state index is -0.198. The van der Waals surface area contributed by atoms with Crippen molar-refractivity contribution in [3.63, 3.8) is 0 Å². The molecule has 2 rings (SSSR count). The van der Waals surface area contributed by atoms with Gasteiger partial charge >= 0.3 is 0 Å². The van der Waals surface area contributed by atoms with E-state index in [0.29, 0.717) is 4.47 Å². The number of hydrogen-bond donors (Lipinski definition) is 0. The molecular weight excluding hydrogens is 290 g/mol. The van der Waals surface area contributed by atoms with Gasteiger partial charge in [0.1, 0.15) is 5.82 Å². The molecule has 1 aliphatic rings. The first-order valence-electron chi connectivity index (χ1n) is 5.43. The molecule has 1 unspecified atom stereocenters. The third-order valence-corrected chi connectivity index (χ3v) is 4.08. The molecule has 1 aromatic carbocycles. The van der Waals surface area contributed by atoms with E-state index in [1.54, 1.807) is 6.07 Å². The van der Waals surface area contributed by atoms with E-state index >= 15 is 0 Å². The maximum Gasteiger partial charge on any atom is 0.137 e. The molecule has 0 spiro atoms. The molecule has 1 aromatic rings. The highest BCUT2D eigenvalue weighted by Crippen LogP contribution is 2.28. The lowest BCUT2D eigenvalue weighted by atomic mass is 9.94. The highest BCUT2D eigenvalue weighted by atomic mass is 79.9. The standard InChI is InChI=1S/C13H13BrClF/c14-13-10(4-2-6-12(13)16)7-9-3-1-5-11(15)8-9/h2,4,6,8,11H,1,3,5,7H2. The zero-order valence-corrected chi connectivity index (χ0v) is 11.2. The quantitative estimate of drug-likeness (QED) is 0.541. The van der Waals surface area contributed by atoms with Crippen LogP contribution in [-0.2, 0) is 6.42 Å². The van der Waals surface area contributed by atoms with Gasteiger partial charge in [0.25, 0.3) is 0 Å². The van der Waals surface area contributed by atoms with Crippen molar-refractivity contribution in [3.05, 3.63) is 45.7 Å². The second-order valence-electron chi connectivity index (χ2n) is 4.12. The molecule has 0 N–H and O–H groups in total. The first kappa shape index (κ1) is 12.1. The van der Waals surface area contributed by atoms with Crippen molar-refractivity contribution in [2.45, 2.75) is 31.1 Å². The predicted octanol–water partition coefficient (Wildman–Crippen LogP) is 4.85. The van der Waals surface area contributed by atoms with Crippen molar-refractivity contribution in [1.82, 2.24) is 0 Å². The Kier molecular flexibility index (Phi) is 4.04. The van der Waals surface area contributed by atoms with Crippen molar-refractivity contribution in [3.8, 4) is 0 Å². The topological polar surface area (TPSA) is 0 Å². The maximum absolute atomic E-state index is 13.3. The van der Waals surface area contributed by atoms with E-state index in [0.717, 1.165) is 31.2 Å². The Labute approximate surface area is 109 Å². The summed E-state index contributed by atoms with van der Waals surface area (Å²) < 4.78 is 13.9. The molecule has 0 saturated heterocycles. The zero-order chi connectivity index (χ0) is 11.5. The van der Waals surface area contributed by atoms with Crippen molar-refractivity contribution >= 4 is 27.5 Å². The van der Waals surface area contributed by atoms with Gasteiger partial charge < -0.3 is 0 Å². The van der Waals surface area contributed by atoms with E-state index in [-0.39, 0.29) is 11.2 Å². The van der Waals surface area contributed by atoms with Crippen molar-refractivity contribution in [2.75, 3.05) is 0 Å². The summed E-state index contributed by atoms with van der Waals surface area (Å²) in [6, 6.07) is 5.16. The summed E-state index contributed by atoms with van der Waals surface area (Å²) in [5.41, 5.74) is 2.31. The highest BCUT2D eigenvalue weighted by Gasteiger charge is 2.13. The molecule has 0 fully saturated rings. The maximum atomic E-state index is 13.3. The van der Waals surface area contributed by atoms with E-state index < -0.39 is 0 Å². The van der Waals surface area contributed by atoms with E-state index in [9.17, 15) is 4.39 Å². The Morgan fingerprint density at radius 3 is 3.00 bits per heavy atom. The fourth-order valence-corrected chi connectivity index (χ4v) is 2.76. The van der Waals surface area contributed by atoms with Gasteiger partial charge in [-0.15, -0.1) is 11.6 Å². The van der Waals surface area contributed by atoms with Gasteiger partial charge in [-0.2, -0.15) is 0 Å². The van der Waals surface area contributed by atoms with E-state index in [1.807, 2.05) is 6.07 Å². The van der Waals surface area contributed by atoms with E-state index in [2.05, 4.69) is 22.0 Å².